The summed E-state index contributed by atoms with van der Waals surface area (Å²) in [4.78, 5) is 0. The SMILES string of the molecule is CC(C)=CCc1c(O)cc(/C=C/c2ccccc2)c2c1OC(C(C)(C)O)C2. The zero-order chi connectivity index (χ0) is 19.6. The fraction of sp³-hybridized carbons (Fsp3) is 0.333. The smallest absolute Gasteiger partial charge is 0.131 e. The van der Waals surface area contributed by atoms with E-state index in [1.807, 2.05) is 62.4 Å². The Labute approximate surface area is 161 Å². The number of hydrogen-bond donors (Lipinski definition) is 2. The van der Waals surface area contributed by atoms with E-state index in [1.54, 1.807) is 13.8 Å². The van der Waals surface area contributed by atoms with Crippen LogP contribution in [0.25, 0.3) is 12.2 Å². The van der Waals surface area contributed by atoms with Crippen molar-refractivity contribution in [2.45, 2.75) is 52.2 Å². The lowest BCUT2D eigenvalue weighted by Gasteiger charge is -2.25. The normalized spacial score (nSPS) is 16.3. The molecule has 0 aromatic heterocycles. The predicted octanol–water partition coefficient (Wildman–Crippen LogP) is 5.15. The van der Waals surface area contributed by atoms with E-state index in [4.69, 9.17) is 4.74 Å². The average molecular weight is 364 g/mol. The van der Waals surface area contributed by atoms with Gasteiger partial charge >= 0.3 is 0 Å². The minimum absolute atomic E-state index is 0.232. The van der Waals surface area contributed by atoms with Gasteiger partial charge in [0, 0.05) is 17.5 Å². The highest BCUT2D eigenvalue weighted by Gasteiger charge is 2.37. The maximum atomic E-state index is 10.6. The van der Waals surface area contributed by atoms with Crippen molar-refractivity contribution in [3.05, 3.63) is 70.3 Å². The van der Waals surface area contributed by atoms with Gasteiger partial charge in [0.15, 0.2) is 0 Å². The van der Waals surface area contributed by atoms with E-state index < -0.39 is 5.60 Å². The topological polar surface area (TPSA) is 49.7 Å². The molecule has 0 saturated carbocycles. The molecule has 1 heterocycles. The number of phenolic OH excluding ortho intramolecular Hbond substituents is 1. The van der Waals surface area contributed by atoms with Gasteiger partial charge in [-0.15, -0.1) is 0 Å². The molecule has 1 aliphatic rings. The Morgan fingerprint density at radius 3 is 2.52 bits per heavy atom. The van der Waals surface area contributed by atoms with Crippen LogP contribution in [0.2, 0.25) is 0 Å². The lowest BCUT2D eigenvalue weighted by atomic mass is 9.92. The monoisotopic (exact) mass is 364 g/mol. The zero-order valence-corrected chi connectivity index (χ0v) is 16.5. The third-order valence-corrected chi connectivity index (χ3v) is 4.90. The first-order valence-corrected chi connectivity index (χ1v) is 9.39. The number of ether oxygens (including phenoxy) is 1. The van der Waals surface area contributed by atoms with E-state index in [0.717, 1.165) is 22.3 Å². The first-order chi connectivity index (χ1) is 12.8. The van der Waals surface area contributed by atoms with E-state index in [2.05, 4.69) is 6.08 Å². The van der Waals surface area contributed by atoms with Crippen LogP contribution in [-0.2, 0) is 12.8 Å². The summed E-state index contributed by atoms with van der Waals surface area (Å²) in [6, 6.07) is 11.9. The molecule has 0 fully saturated rings. The third kappa shape index (κ3) is 4.42. The van der Waals surface area contributed by atoms with Crippen LogP contribution in [0.1, 0.15) is 49.9 Å². The molecule has 2 aromatic carbocycles. The molecule has 3 heteroatoms. The van der Waals surface area contributed by atoms with Gasteiger partial charge in [0.1, 0.15) is 17.6 Å². The summed E-state index contributed by atoms with van der Waals surface area (Å²) in [7, 11) is 0. The molecule has 1 aliphatic heterocycles. The van der Waals surface area contributed by atoms with Gasteiger partial charge in [-0.2, -0.15) is 0 Å². The van der Waals surface area contributed by atoms with Crippen molar-refractivity contribution in [1.29, 1.82) is 0 Å². The van der Waals surface area contributed by atoms with Crippen molar-refractivity contribution in [3.8, 4) is 11.5 Å². The number of benzene rings is 2. The number of rotatable bonds is 5. The average Bonchev–Trinajstić information content (AvgIpc) is 3.05. The Hall–Kier alpha value is -2.52. The zero-order valence-electron chi connectivity index (χ0n) is 16.5. The van der Waals surface area contributed by atoms with Crippen LogP contribution < -0.4 is 4.74 Å². The number of allylic oxidation sites excluding steroid dienone is 2. The molecular weight excluding hydrogens is 336 g/mol. The summed E-state index contributed by atoms with van der Waals surface area (Å²) in [6.07, 6.45) is 7.02. The third-order valence-electron chi connectivity index (χ3n) is 4.90. The minimum atomic E-state index is -0.956. The Balaban J connectivity index is 2.04. The molecule has 0 saturated heterocycles. The molecule has 0 aliphatic carbocycles. The highest BCUT2D eigenvalue weighted by Crippen LogP contribution is 2.43. The standard InChI is InChI=1S/C24H28O3/c1-16(2)10-13-19-21(25)14-18(12-11-17-8-6-5-7-9-17)20-15-22(24(3,4)26)27-23(19)20/h5-12,14,22,25-26H,13,15H2,1-4H3/b12-11+. The van der Waals surface area contributed by atoms with Gasteiger partial charge in [0.05, 0.1) is 5.60 Å². The molecule has 0 amide bonds. The van der Waals surface area contributed by atoms with Crippen molar-refractivity contribution in [2.24, 2.45) is 0 Å². The number of fused-ring (bicyclic) bond motifs is 1. The number of phenols is 1. The number of aliphatic hydroxyl groups is 1. The fourth-order valence-corrected chi connectivity index (χ4v) is 3.27. The van der Waals surface area contributed by atoms with Gasteiger partial charge in [-0.05, 0) is 51.3 Å². The molecule has 1 unspecified atom stereocenters. The Bertz CT molecular complexity index is 867. The van der Waals surface area contributed by atoms with Gasteiger partial charge in [0.2, 0.25) is 0 Å². The molecule has 2 aromatic rings. The van der Waals surface area contributed by atoms with Crippen molar-refractivity contribution >= 4 is 12.2 Å². The van der Waals surface area contributed by atoms with E-state index in [1.165, 1.54) is 5.57 Å². The summed E-state index contributed by atoms with van der Waals surface area (Å²) in [5, 5.41) is 21.1. The van der Waals surface area contributed by atoms with Gasteiger partial charge in [0.25, 0.3) is 0 Å². The summed E-state index contributed by atoms with van der Waals surface area (Å²) in [5.74, 6) is 0.947. The van der Waals surface area contributed by atoms with Crippen LogP contribution in [0, 0.1) is 0 Å². The first-order valence-electron chi connectivity index (χ1n) is 9.39. The highest BCUT2D eigenvalue weighted by atomic mass is 16.5. The lowest BCUT2D eigenvalue weighted by Crippen LogP contribution is -2.39. The molecule has 3 rings (SSSR count). The van der Waals surface area contributed by atoms with E-state index in [9.17, 15) is 10.2 Å². The Kier molecular flexibility index (Phi) is 5.43. The second-order valence-corrected chi connectivity index (χ2v) is 7.97. The van der Waals surface area contributed by atoms with Crippen LogP contribution >= 0.6 is 0 Å². The van der Waals surface area contributed by atoms with Crippen molar-refractivity contribution in [2.75, 3.05) is 0 Å². The molecule has 1 atom stereocenters. The molecule has 0 spiro atoms. The predicted molar refractivity (Wildman–Crippen MR) is 111 cm³/mol. The minimum Gasteiger partial charge on any atom is -0.507 e. The van der Waals surface area contributed by atoms with Crippen LogP contribution in [0.3, 0.4) is 0 Å². The maximum absolute atomic E-state index is 10.6. The quantitative estimate of drug-likeness (QED) is 0.570. The van der Waals surface area contributed by atoms with E-state index in [0.29, 0.717) is 18.6 Å². The molecular formula is C24H28O3. The molecule has 3 nitrogen and oxygen atoms in total. The Morgan fingerprint density at radius 2 is 1.89 bits per heavy atom. The van der Waals surface area contributed by atoms with Crippen LogP contribution in [0.15, 0.2) is 48.0 Å². The largest absolute Gasteiger partial charge is 0.507 e. The molecule has 27 heavy (non-hydrogen) atoms. The van der Waals surface area contributed by atoms with Gasteiger partial charge < -0.3 is 14.9 Å². The fourth-order valence-electron chi connectivity index (χ4n) is 3.27. The van der Waals surface area contributed by atoms with Crippen LogP contribution in [0.4, 0.5) is 0 Å². The lowest BCUT2D eigenvalue weighted by molar-refractivity contribution is -0.0232. The van der Waals surface area contributed by atoms with Gasteiger partial charge in [-0.25, -0.2) is 0 Å². The summed E-state index contributed by atoms with van der Waals surface area (Å²) in [6.45, 7) is 7.60. The molecule has 0 radical (unpaired) electrons. The number of hydrogen-bond acceptors (Lipinski definition) is 3. The van der Waals surface area contributed by atoms with Crippen LogP contribution in [-0.4, -0.2) is 21.9 Å². The van der Waals surface area contributed by atoms with Gasteiger partial charge in [-0.1, -0.05) is 54.1 Å². The van der Waals surface area contributed by atoms with Gasteiger partial charge in [-0.3, -0.25) is 0 Å². The molecule has 142 valence electrons. The summed E-state index contributed by atoms with van der Waals surface area (Å²) in [5.41, 5.74) is 4.09. The van der Waals surface area contributed by atoms with E-state index >= 15 is 0 Å². The second kappa shape index (κ2) is 7.61. The van der Waals surface area contributed by atoms with Crippen molar-refractivity contribution < 1.29 is 14.9 Å². The highest BCUT2D eigenvalue weighted by molar-refractivity contribution is 5.75. The second-order valence-electron chi connectivity index (χ2n) is 7.97. The number of aromatic hydroxyl groups is 1. The van der Waals surface area contributed by atoms with Crippen LogP contribution in [0.5, 0.6) is 11.5 Å². The molecule has 2 N–H and O–H groups in total. The Morgan fingerprint density at radius 1 is 1.19 bits per heavy atom. The van der Waals surface area contributed by atoms with Crippen molar-refractivity contribution in [3.63, 3.8) is 0 Å². The first kappa shape index (κ1) is 19.2. The maximum Gasteiger partial charge on any atom is 0.131 e. The summed E-state index contributed by atoms with van der Waals surface area (Å²) >= 11 is 0. The van der Waals surface area contributed by atoms with E-state index in [-0.39, 0.29) is 11.9 Å². The molecule has 0 bridgehead atoms. The van der Waals surface area contributed by atoms with Crippen molar-refractivity contribution in [1.82, 2.24) is 0 Å². The summed E-state index contributed by atoms with van der Waals surface area (Å²) < 4.78 is 6.14.